The molecule has 0 aromatic heterocycles. The summed E-state index contributed by atoms with van der Waals surface area (Å²) in [6, 6.07) is 3.31. The van der Waals surface area contributed by atoms with E-state index < -0.39 is 0 Å². The van der Waals surface area contributed by atoms with Crippen LogP contribution < -0.4 is 5.32 Å². The van der Waals surface area contributed by atoms with E-state index in [0.29, 0.717) is 18.5 Å². The lowest BCUT2D eigenvalue weighted by Crippen LogP contribution is -2.52. The van der Waals surface area contributed by atoms with Gasteiger partial charge in [-0.2, -0.15) is 5.26 Å². The van der Waals surface area contributed by atoms with Crippen LogP contribution in [0.5, 0.6) is 0 Å². The number of nitrogens with one attached hydrogen (secondary N) is 1. The Morgan fingerprint density at radius 2 is 2.46 bits per heavy atom. The summed E-state index contributed by atoms with van der Waals surface area (Å²) in [6.45, 7) is 7.59. The molecule has 1 saturated heterocycles. The molecule has 1 N–H and O–H groups in total. The zero-order valence-electron chi connectivity index (χ0n) is 8.58. The van der Waals surface area contributed by atoms with Crippen LogP contribution in [0.1, 0.15) is 26.7 Å². The molecule has 1 aliphatic heterocycles. The maximum absolute atomic E-state index is 8.67. The lowest BCUT2D eigenvalue weighted by molar-refractivity contribution is 0.146. The third-order valence-corrected chi connectivity index (χ3v) is 2.71. The summed E-state index contributed by atoms with van der Waals surface area (Å²) in [5.74, 6) is 0. The maximum atomic E-state index is 8.67. The van der Waals surface area contributed by atoms with Crippen LogP contribution >= 0.6 is 0 Å². The van der Waals surface area contributed by atoms with E-state index in [0.717, 1.165) is 26.1 Å². The summed E-state index contributed by atoms with van der Waals surface area (Å²) in [7, 11) is 0. The van der Waals surface area contributed by atoms with Crippen LogP contribution in [-0.2, 0) is 0 Å². The Labute approximate surface area is 80.7 Å². The van der Waals surface area contributed by atoms with E-state index in [1.54, 1.807) is 0 Å². The van der Waals surface area contributed by atoms with Gasteiger partial charge in [-0.15, -0.1) is 0 Å². The van der Waals surface area contributed by atoms with E-state index in [2.05, 4.69) is 30.1 Å². The van der Waals surface area contributed by atoms with Crippen molar-refractivity contribution in [2.75, 3.05) is 19.6 Å². The third kappa shape index (κ3) is 2.98. The molecule has 3 heteroatoms. The number of rotatable bonds is 3. The fourth-order valence-electron chi connectivity index (χ4n) is 1.93. The van der Waals surface area contributed by atoms with Crippen LogP contribution in [0.15, 0.2) is 0 Å². The van der Waals surface area contributed by atoms with Gasteiger partial charge >= 0.3 is 0 Å². The van der Waals surface area contributed by atoms with E-state index in [4.69, 9.17) is 5.26 Å². The normalized spacial score (nSPS) is 26.7. The summed E-state index contributed by atoms with van der Waals surface area (Å²) >= 11 is 0. The molecule has 0 radical (unpaired) electrons. The second-order valence-electron chi connectivity index (χ2n) is 3.77. The van der Waals surface area contributed by atoms with Crippen molar-refractivity contribution in [3.63, 3.8) is 0 Å². The van der Waals surface area contributed by atoms with Gasteiger partial charge < -0.3 is 5.32 Å². The van der Waals surface area contributed by atoms with Gasteiger partial charge in [-0.3, -0.25) is 4.90 Å². The molecule has 0 saturated carbocycles. The lowest BCUT2D eigenvalue weighted by atomic mass is 10.1. The molecule has 2 atom stereocenters. The van der Waals surface area contributed by atoms with Gasteiger partial charge in [-0.05, 0) is 13.3 Å². The molecule has 1 fully saturated rings. The summed E-state index contributed by atoms with van der Waals surface area (Å²) in [6.07, 6.45) is 1.75. The molecule has 0 spiro atoms. The highest BCUT2D eigenvalue weighted by atomic mass is 15.2. The van der Waals surface area contributed by atoms with Crippen LogP contribution in [0.25, 0.3) is 0 Å². The first kappa shape index (κ1) is 10.5. The van der Waals surface area contributed by atoms with Gasteiger partial charge in [0.05, 0.1) is 12.5 Å². The Balaban J connectivity index is 2.43. The zero-order valence-corrected chi connectivity index (χ0v) is 8.58. The summed E-state index contributed by atoms with van der Waals surface area (Å²) in [5, 5.41) is 12.1. The van der Waals surface area contributed by atoms with Crippen LogP contribution in [0.2, 0.25) is 0 Å². The monoisotopic (exact) mass is 181 g/mol. The molecule has 1 heterocycles. The minimum absolute atomic E-state index is 0.467. The second-order valence-corrected chi connectivity index (χ2v) is 3.77. The SMILES string of the molecule is CCC(CC#N)N1CCN[C@@H](C)C1. The van der Waals surface area contributed by atoms with Gasteiger partial charge in [-0.25, -0.2) is 0 Å². The van der Waals surface area contributed by atoms with Crippen LogP contribution in [-0.4, -0.2) is 36.6 Å². The molecule has 13 heavy (non-hydrogen) atoms. The third-order valence-electron chi connectivity index (χ3n) is 2.71. The van der Waals surface area contributed by atoms with E-state index in [9.17, 15) is 0 Å². The quantitative estimate of drug-likeness (QED) is 0.705. The Kier molecular flexibility index (Phi) is 4.20. The highest BCUT2D eigenvalue weighted by molar-refractivity contribution is 4.86. The standard InChI is InChI=1S/C10H19N3/c1-3-10(4-5-11)13-7-6-12-9(2)8-13/h9-10,12H,3-4,6-8H2,1-2H3/t9-,10?/m0/s1. The number of piperazine rings is 1. The predicted octanol–water partition coefficient (Wildman–Crippen LogP) is 0.972. The largest absolute Gasteiger partial charge is 0.312 e. The number of nitriles is 1. The van der Waals surface area contributed by atoms with Crippen molar-refractivity contribution in [1.82, 2.24) is 10.2 Å². The van der Waals surface area contributed by atoms with Crippen molar-refractivity contribution in [2.45, 2.75) is 38.8 Å². The Bertz CT molecular complexity index is 185. The van der Waals surface area contributed by atoms with Crippen molar-refractivity contribution in [3.8, 4) is 6.07 Å². The molecule has 0 amide bonds. The molecule has 0 aromatic rings. The van der Waals surface area contributed by atoms with Gasteiger partial charge in [0.25, 0.3) is 0 Å². The molecular formula is C10H19N3. The molecule has 0 aromatic carbocycles. The van der Waals surface area contributed by atoms with Crippen molar-refractivity contribution in [1.29, 1.82) is 5.26 Å². The summed E-state index contributed by atoms with van der Waals surface area (Å²) in [5.41, 5.74) is 0. The van der Waals surface area contributed by atoms with Gasteiger partial charge in [0.1, 0.15) is 0 Å². The highest BCUT2D eigenvalue weighted by Gasteiger charge is 2.21. The number of nitrogens with zero attached hydrogens (tertiary/aromatic N) is 2. The van der Waals surface area contributed by atoms with Crippen molar-refractivity contribution in [3.05, 3.63) is 0 Å². The Hall–Kier alpha value is -0.590. The molecule has 0 aliphatic carbocycles. The second kappa shape index (κ2) is 5.21. The van der Waals surface area contributed by atoms with Crippen molar-refractivity contribution < 1.29 is 0 Å². The first-order chi connectivity index (χ1) is 6.27. The van der Waals surface area contributed by atoms with Crippen LogP contribution in [0, 0.1) is 11.3 Å². The highest BCUT2D eigenvalue weighted by Crippen LogP contribution is 2.10. The molecule has 3 nitrogen and oxygen atoms in total. The smallest absolute Gasteiger partial charge is 0.0638 e. The Morgan fingerprint density at radius 3 is 3.00 bits per heavy atom. The van der Waals surface area contributed by atoms with Gasteiger partial charge in [0, 0.05) is 31.7 Å². The minimum Gasteiger partial charge on any atom is -0.312 e. The minimum atomic E-state index is 0.467. The van der Waals surface area contributed by atoms with Crippen molar-refractivity contribution in [2.24, 2.45) is 0 Å². The molecule has 1 unspecified atom stereocenters. The first-order valence-corrected chi connectivity index (χ1v) is 5.12. The van der Waals surface area contributed by atoms with E-state index in [1.165, 1.54) is 0 Å². The van der Waals surface area contributed by atoms with Gasteiger partial charge in [0.2, 0.25) is 0 Å². The molecule has 74 valence electrons. The zero-order chi connectivity index (χ0) is 9.68. The summed E-state index contributed by atoms with van der Waals surface area (Å²) in [4.78, 5) is 2.43. The van der Waals surface area contributed by atoms with Gasteiger partial charge in [-0.1, -0.05) is 6.92 Å². The number of hydrogen-bond acceptors (Lipinski definition) is 3. The van der Waals surface area contributed by atoms with E-state index in [1.807, 2.05) is 0 Å². The van der Waals surface area contributed by atoms with E-state index in [-0.39, 0.29) is 0 Å². The Morgan fingerprint density at radius 1 is 1.69 bits per heavy atom. The van der Waals surface area contributed by atoms with Gasteiger partial charge in [0.15, 0.2) is 0 Å². The topological polar surface area (TPSA) is 39.1 Å². The molecule has 1 rings (SSSR count). The molecule has 0 bridgehead atoms. The average molecular weight is 181 g/mol. The first-order valence-electron chi connectivity index (χ1n) is 5.12. The maximum Gasteiger partial charge on any atom is 0.0638 e. The summed E-state index contributed by atoms with van der Waals surface area (Å²) < 4.78 is 0. The molecular weight excluding hydrogens is 162 g/mol. The fourth-order valence-corrected chi connectivity index (χ4v) is 1.93. The fraction of sp³-hybridized carbons (Fsp3) is 0.900. The van der Waals surface area contributed by atoms with Crippen LogP contribution in [0.4, 0.5) is 0 Å². The number of hydrogen-bond donors (Lipinski definition) is 1. The lowest BCUT2D eigenvalue weighted by Gasteiger charge is -2.36. The molecule has 1 aliphatic rings. The van der Waals surface area contributed by atoms with Crippen LogP contribution in [0.3, 0.4) is 0 Å². The predicted molar refractivity (Wildman–Crippen MR) is 53.3 cm³/mol. The average Bonchev–Trinajstić information content (AvgIpc) is 2.14. The van der Waals surface area contributed by atoms with Crippen molar-refractivity contribution >= 4 is 0 Å². The van der Waals surface area contributed by atoms with E-state index >= 15 is 0 Å².